The highest BCUT2D eigenvalue weighted by molar-refractivity contribution is 5.79. The normalized spacial score (nSPS) is 10.8. The van der Waals surface area contributed by atoms with Gasteiger partial charge in [0, 0.05) is 20.1 Å². The number of methoxy groups -OCH3 is 1. The summed E-state index contributed by atoms with van der Waals surface area (Å²) in [5.41, 5.74) is 1.81. The first-order valence-corrected chi connectivity index (χ1v) is 8.08. The van der Waals surface area contributed by atoms with Crippen molar-refractivity contribution in [1.82, 2.24) is 10.6 Å². The van der Waals surface area contributed by atoms with E-state index in [4.69, 9.17) is 15.9 Å². The van der Waals surface area contributed by atoms with E-state index in [1.54, 1.807) is 20.2 Å². The number of rotatable bonds is 7. The minimum atomic E-state index is -0.259. The molecule has 136 valence electrons. The lowest BCUT2D eigenvalue weighted by atomic mass is 10.2. The van der Waals surface area contributed by atoms with E-state index < -0.39 is 0 Å². The maximum absolute atomic E-state index is 13.2. The molecule has 2 aromatic carbocycles. The molecule has 0 saturated heterocycles. The Morgan fingerprint density at radius 3 is 2.46 bits per heavy atom. The number of terminal acetylenes is 1. The Balaban J connectivity index is 1.94. The molecule has 2 rings (SSSR count). The van der Waals surface area contributed by atoms with Crippen LogP contribution in [0.5, 0.6) is 11.5 Å². The minimum Gasteiger partial charge on any atom is -0.493 e. The van der Waals surface area contributed by atoms with Crippen LogP contribution in [0.1, 0.15) is 11.1 Å². The zero-order chi connectivity index (χ0) is 18.8. The summed E-state index contributed by atoms with van der Waals surface area (Å²) in [7, 11) is 3.25. The van der Waals surface area contributed by atoms with Crippen LogP contribution >= 0.6 is 0 Å². The number of nitrogens with one attached hydrogen (secondary N) is 2. The van der Waals surface area contributed by atoms with Gasteiger partial charge in [0.1, 0.15) is 12.4 Å². The third-order valence-corrected chi connectivity index (χ3v) is 3.57. The molecule has 5 nitrogen and oxygen atoms in total. The second-order valence-electron chi connectivity index (χ2n) is 5.39. The Bertz CT molecular complexity index is 800. The van der Waals surface area contributed by atoms with Crippen LogP contribution in [-0.2, 0) is 13.1 Å². The first-order valence-electron chi connectivity index (χ1n) is 8.08. The van der Waals surface area contributed by atoms with E-state index in [9.17, 15) is 4.39 Å². The molecule has 26 heavy (non-hydrogen) atoms. The fourth-order valence-corrected chi connectivity index (χ4v) is 2.30. The molecule has 0 aromatic heterocycles. The largest absolute Gasteiger partial charge is 0.493 e. The van der Waals surface area contributed by atoms with E-state index in [0.717, 1.165) is 11.1 Å². The zero-order valence-electron chi connectivity index (χ0n) is 14.9. The molecule has 0 unspecified atom stereocenters. The maximum atomic E-state index is 13.2. The highest BCUT2D eigenvalue weighted by Gasteiger charge is 2.06. The number of benzene rings is 2. The van der Waals surface area contributed by atoms with Gasteiger partial charge < -0.3 is 20.1 Å². The number of hydrogen-bond donors (Lipinski definition) is 2. The zero-order valence-corrected chi connectivity index (χ0v) is 14.9. The monoisotopic (exact) mass is 355 g/mol. The molecule has 6 heteroatoms. The van der Waals surface area contributed by atoms with Gasteiger partial charge in [0.15, 0.2) is 17.5 Å². The summed E-state index contributed by atoms with van der Waals surface area (Å²) >= 11 is 0. The van der Waals surface area contributed by atoms with E-state index in [1.165, 1.54) is 12.1 Å². The Morgan fingerprint density at radius 2 is 1.85 bits per heavy atom. The number of ether oxygens (including phenoxy) is 2. The molecular weight excluding hydrogens is 333 g/mol. The van der Waals surface area contributed by atoms with Crippen LogP contribution in [0.4, 0.5) is 4.39 Å². The fourth-order valence-electron chi connectivity index (χ4n) is 2.30. The quantitative estimate of drug-likeness (QED) is 0.456. The van der Waals surface area contributed by atoms with E-state index in [-0.39, 0.29) is 12.4 Å². The molecule has 0 fully saturated rings. The van der Waals surface area contributed by atoms with Gasteiger partial charge in [-0.1, -0.05) is 24.1 Å². The Labute approximate surface area is 153 Å². The van der Waals surface area contributed by atoms with Crippen molar-refractivity contribution in [2.75, 3.05) is 20.8 Å². The molecule has 0 spiro atoms. The van der Waals surface area contributed by atoms with Crippen LogP contribution in [0.2, 0.25) is 0 Å². The Kier molecular flexibility index (Phi) is 7.31. The second kappa shape index (κ2) is 9.94. The molecular formula is C20H22FN3O2. The number of guanidine groups is 1. The molecule has 0 atom stereocenters. The third-order valence-electron chi connectivity index (χ3n) is 3.57. The topological polar surface area (TPSA) is 54.9 Å². The van der Waals surface area contributed by atoms with Crippen molar-refractivity contribution >= 4 is 5.96 Å². The van der Waals surface area contributed by atoms with Gasteiger partial charge in [0.05, 0.1) is 7.11 Å². The van der Waals surface area contributed by atoms with Crippen molar-refractivity contribution in [1.29, 1.82) is 0 Å². The lowest BCUT2D eigenvalue weighted by Crippen LogP contribution is -2.36. The van der Waals surface area contributed by atoms with Gasteiger partial charge in [-0.15, -0.1) is 6.42 Å². The van der Waals surface area contributed by atoms with Crippen molar-refractivity contribution in [2.24, 2.45) is 4.99 Å². The van der Waals surface area contributed by atoms with Crippen LogP contribution in [0.3, 0.4) is 0 Å². The molecule has 0 aliphatic rings. The predicted molar refractivity (Wildman–Crippen MR) is 101 cm³/mol. The van der Waals surface area contributed by atoms with Gasteiger partial charge >= 0.3 is 0 Å². The van der Waals surface area contributed by atoms with Crippen molar-refractivity contribution in [3.8, 4) is 23.8 Å². The molecule has 0 saturated carbocycles. The SMILES string of the molecule is C#CCOc1cc(CNC(=NC)NCc2cccc(F)c2)ccc1OC. The van der Waals surface area contributed by atoms with Crippen molar-refractivity contribution in [3.63, 3.8) is 0 Å². The van der Waals surface area contributed by atoms with Crippen LogP contribution in [0.25, 0.3) is 0 Å². The Hall–Kier alpha value is -3.20. The van der Waals surface area contributed by atoms with Crippen molar-refractivity contribution in [2.45, 2.75) is 13.1 Å². The summed E-state index contributed by atoms with van der Waals surface area (Å²) in [5.74, 6) is 3.99. The number of nitrogens with zero attached hydrogens (tertiary/aromatic N) is 1. The lowest BCUT2D eigenvalue weighted by Gasteiger charge is -2.14. The van der Waals surface area contributed by atoms with Gasteiger partial charge in [-0.25, -0.2) is 4.39 Å². The van der Waals surface area contributed by atoms with Crippen molar-refractivity contribution < 1.29 is 13.9 Å². The van der Waals surface area contributed by atoms with Crippen LogP contribution in [0.15, 0.2) is 47.5 Å². The summed E-state index contributed by atoms with van der Waals surface area (Å²) in [6, 6.07) is 12.0. The number of aliphatic imine (C=N–C) groups is 1. The fraction of sp³-hybridized carbons (Fsp3) is 0.250. The standard InChI is InChI=1S/C20H22FN3O2/c1-4-10-26-19-12-16(8-9-18(19)25-3)14-24-20(22-2)23-13-15-6-5-7-17(21)11-15/h1,5-9,11-12H,10,13-14H2,2-3H3,(H2,22,23,24). The van der Waals surface area contributed by atoms with Crippen LogP contribution in [-0.4, -0.2) is 26.7 Å². The van der Waals surface area contributed by atoms with E-state index in [1.807, 2.05) is 24.3 Å². The van der Waals surface area contributed by atoms with Crippen LogP contribution in [0, 0.1) is 18.2 Å². The first-order chi connectivity index (χ1) is 12.7. The van der Waals surface area contributed by atoms with Crippen LogP contribution < -0.4 is 20.1 Å². The van der Waals surface area contributed by atoms with E-state index in [0.29, 0.717) is 30.5 Å². The van der Waals surface area contributed by atoms with Gasteiger partial charge in [-0.2, -0.15) is 0 Å². The summed E-state index contributed by atoms with van der Waals surface area (Å²) in [6.07, 6.45) is 5.24. The first kappa shape index (κ1) is 19.1. The highest BCUT2D eigenvalue weighted by Crippen LogP contribution is 2.27. The third kappa shape index (κ3) is 5.71. The second-order valence-corrected chi connectivity index (χ2v) is 5.39. The molecule has 0 amide bonds. The summed E-state index contributed by atoms with van der Waals surface area (Å²) < 4.78 is 24.0. The molecule has 0 bridgehead atoms. The van der Waals surface area contributed by atoms with Gasteiger partial charge in [0.25, 0.3) is 0 Å². The smallest absolute Gasteiger partial charge is 0.191 e. The summed E-state index contributed by atoms with van der Waals surface area (Å²) in [4.78, 5) is 4.16. The minimum absolute atomic E-state index is 0.171. The highest BCUT2D eigenvalue weighted by atomic mass is 19.1. The number of hydrogen-bond acceptors (Lipinski definition) is 3. The molecule has 2 N–H and O–H groups in total. The van der Waals surface area contributed by atoms with Gasteiger partial charge in [-0.05, 0) is 35.4 Å². The molecule has 0 heterocycles. The van der Waals surface area contributed by atoms with E-state index in [2.05, 4.69) is 21.5 Å². The summed E-state index contributed by atoms with van der Waals surface area (Å²) in [6.45, 7) is 1.17. The molecule has 0 aliphatic heterocycles. The average molecular weight is 355 g/mol. The Morgan fingerprint density at radius 1 is 1.12 bits per heavy atom. The molecule has 0 radical (unpaired) electrons. The van der Waals surface area contributed by atoms with Crippen molar-refractivity contribution in [3.05, 3.63) is 59.4 Å². The van der Waals surface area contributed by atoms with E-state index >= 15 is 0 Å². The predicted octanol–water partition coefficient (Wildman–Crippen LogP) is 2.71. The average Bonchev–Trinajstić information content (AvgIpc) is 2.66. The maximum Gasteiger partial charge on any atom is 0.191 e. The molecule has 2 aromatic rings. The van der Waals surface area contributed by atoms with Gasteiger partial charge in [-0.3, -0.25) is 4.99 Å². The van der Waals surface area contributed by atoms with Gasteiger partial charge in [0.2, 0.25) is 0 Å². The number of halogens is 1. The summed E-state index contributed by atoms with van der Waals surface area (Å²) in [5, 5.41) is 6.34. The lowest BCUT2D eigenvalue weighted by molar-refractivity contribution is 0.330. The molecule has 0 aliphatic carbocycles.